The van der Waals surface area contributed by atoms with Crippen LogP contribution < -0.4 is 5.73 Å². The first-order valence-electron chi connectivity index (χ1n) is 6.26. The Morgan fingerprint density at radius 2 is 1.95 bits per heavy atom. The summed E-state index contributed by atoms with van der Waals surface area (Å²) in [6.45, 7) is 1.28. The van der Waals surface area contributed by atoms with Crippen LogP contribution in [-0.2, 0) is 13.0 Å². The van der Waals surface area contributed by atoms with Crippen molar-refractivity contribution < 1.29 is 4.79 Å². The van der Waals surface area contributed by atoms with Crippen LogP contribution in [0.5, 0.6) is 0 Å². The van der Waals surface area contributed by atoms with Gasteiger partial charge in [-0.3, -0.25) is 4.79 Å². The Morgan fingerprint density at radius 3 is 2.53 bits per heavy atom. The van der Waals surface area contributed by atoms with Crippen LogP contribution in [-0.4, -0.2) is 24.4 Å². The summed E-state index contributed by atoms with van der Waals surface area (Å²) in [5.41, 5.74) is 8.56. The fourth-order valence-corrected chi connectivity index (χ4v) is 2.59. The van der Waals surface area contributed by atoms with Crippen LogP contribution in [0.4, 0.5) is 0 Å². The lowest BCUT2D eigenvalue weighted by Crippen LogP contribution is -2.25. The third-order valence-corrected chi connectivity index (χ3v) is 3.71. The van der Waals surface area contributed by atoms with E-state index in [2.05, 4.69) is 5.38 Å². The van der Waals surface area contributed by atoms with E-state index < -0.39 is 0 Å². The summed E-state index contributed by atoms with van der Waals surface area (Å²) in [5.74, 6) is 0.0468. The first-order chi connectivity index (χ1) is 9.20. The molecule has 100 valence electrons. The van der Waals surface area contributed by atoms with Crippen molar-refractivity contribution in [1.29, 1.82) is 0 Å². The molecule has 1 heterocycles. The van der Waals surface area contributed by atoms with E-state index in [1.54, 1.807) is 16.2 Å². The van der Waals surface area contributed by atoms with Crippen molar-refractivity contribution in [2.45, 2.75) is 13.0 Å². The van der Waals surface area contributed by atoms with Crippen LogP contribution in [0.3, 0.4) is 0 Å². The van der Waals surface area contributed by atoms with Crippen LogP contribution in [0, 0.1) is 0 Å². The van der Waals surface area contributed by atoms with E-state index in [1.807, 2.05) is 42.8 Å². The monoisotopic (exact) mass is 274 g/mol. The van der Waals surface area contributed by atoms with Gasteiger partial charge < -0.3 is 10.6 Å². The predicted octanol–water partition coefficient (Wildman–Crippen LogP) is 2.52. The molecule has 2 aromatic rings. The molecule has 2 N–H and O–H groups in total. The maximum Gasteiger partial charge on any atom is 0.253 e. The quantitative estimate of drug-likeness (QED) is 0.910. The average molecular weight is 274 g/mol. The Hall–Kier alpha value is -1.65. The second-order valence-corrected chi connectivity index (χ2v) is 5.31. The van der Waals surface area contributed by atoms with Gasteiger partial charge >= 0.3 is 0 Å². The van der Waals surface area contributed by atoms with Gasteiger partial charge in [0.2, 0.25) is 0 Å². The summed E-state index contributed by atoms with van der Waals surface area (Å²) in [7, 11) is 1.83. The van der Waals surface area contributed by atoms with E-state index in [-0.39, 0.29) is 5.91 Å². The number of nitrogens with two attached hydrogens (primary N) is 1. The number of carbonyl (C=O) groups excluding carboxylic acids is 1. The lowest BCUT2D eigenvalue weighted by molar-refractivity contribution is 0.0785. The van der Waals surface area contributed by atoms with Crippen molar-refractivity contribution in [3.63, 3.8) is 0 Å². The van der Waals surface area contributed by atoms with Crippen LogP contribution in [0.15, 0.2) is 41.1 Å². The molecule has 0 fully saturated rings. The highest BCUT2D eigenvalue weighted by Gasteiger charge is 2.11. The fraction of sp³-hybridized carbons (Fsp3) is 0.267. The number of nitrogens with zero attached hydrogens (tertiary/aromatic N) is 1. The standard InChI is InChI=1S/C15H18N2OS/c1-17(10-13-7-9-19-11-13)15(18)14-4-2-12(3-5-14)6-8-16/h2-5,7,9,11H,6,8,10,16H2,1H3. The van der Waals surface area contributed by atoms with Gasteiger partial charge in [-0.25, -0.2) is 0 Å². The first-order valence-corrected chi connectivity index (χ1v) is 7.20. The summed E-state index contributed by atoms with van der Waals surface area (Å²) < 4.78 is 0. The van der Waals surface area contributed by atoms with Gasteiger partial charge in [-0.15, -0.1) is 0 Å². The van der Waals surface area contributed by atoms with Crippen LogP contribution in [0.2, 0.25) is 0 Å². The summed E-state index contributed by atoms with van der Waals surface area (Å²) in [6.07, 6.45) is 0.846. The highest BCUT2D eigenvalue weighted by molar-refractivity contribution is 7.07. The van der Waals surface area contributed by atoms with E-state index in [0.717, 1.165) is 12.0 Å². The second kappa shape index (κ2) is 6.50. The molecule has 0 radical (unpaired) electrons. The van der Waals surface area contributed by atoms with E-state index in [0.29, 0.717) is 13.1 Å². The summed E-state index contributed by atoms with van der Waals surface area (Å²) >= 11 is 1.65. The third kappa shape index (κ3) is 3.66. The summed E-state index contributed by atoms with van der Waals surface area (Å²) in [6, 6.07) is 9.73. The number of benzene rings is 1. The molecule has 3 nitrogen and oxygen atoms in total. The molecule has 0 atom stereocenters. The van der Waals surface area contributed by atoms with E-state index >= 15 is 0 Å². The number of amides is 1. The molecule has 19 heavy (non-hydrogen) atoms. The fourth-order valence-electron chi connectivity index (χ4n) is 1.93. The molecule has 1 aromatic carbocycles. The SMILES string of the molecule is CN(Cc1ccsc1)C(=O)c1ccc(CCN)cc1. The Balaban J connectivity index is 2.02. The van der Waals surface area contributed by atoms with E-state index in [9.17, 15) is 4.79 Å². The lowest BCUT2D eigenvalue weighted by Gasteiger charge is -2.16. The smallest absolute Gasteiger partial charge is 0.253 e. The predicted molar refractivity (Wildman–Crippen MR) is 79.3 cm³/mol. The Bertz CT molecular complexity index is 520. The molecule has 0 aliphatic rings. The van der Waals surface area contributed by atoms with E-state index in [1.165, 1.54) is 11.1 Å². The topological polar surface area (TPSA) is 46.3 Å². The minimum absolute atomic E-state index is 0.0468. The number of carbonyl (C=O) groups is 1. The maximum absolute atomic E-state index is 12.2. The first kappa shape index (κ1) is 13.8. The molecule has 0 spiro atoms. The molecule has 2 rings (SSSR count). The number of hydrogen-bond donors (Lipinski definition) is 1. The average Bonchev–Trinajstić information content (AvgIpc) is 2.92. The van der Waals surface area contributed by atoms with Crippen molar-refractivity contribution >= 4 is 17.2 Å². The van der Waals surface area contributed by atoms with Crippen LogP contribution >= 0.6 is 11.3 Å². The zero-order valence-electron chi connectivity index (χ0n) is 11.0. The molecular weight excluding hydrogens is 256 g/mol. The summed E-state index contributed by atoms with van der Waals surface area (Å²) in [5, 5.41) is 4.09. The molecule has 0 saturated carbocycles. The zero-order valence-corrected chi connectivity index (χ0v) is 11.8. The highest BCUT2D eigenvalue weighted by atomic mass is 32.1. The van der Waals surface area contributed by atoms with Crippen molar-refractivity contribution in [1.82, 2.24) is 4.90 Å². The highest BCUT2D eigenvalue weighted by Crippen LogP contribution is 2.12. The minimum Gasteiger partial charge on any atom is -0.337 e. The van der Waals surface area contributed by atoms with Crippen molar-refractivity contribution in [2.24, 2.45) is 5.73 Å². The molecule has 1 amide bonds. The third-order valence-electron chi connectivity index (χ3n) is 2.98. The van der Waals surface area contributed by atoms with Gasteiger partial charge in [-0.05, 0) is 53.1 Å². The molecule has 4 heteroatoms. The minimum atomic E-state index is 0.0468. The summed E-state index contributed by atoms with van der Waals surface area (Å²) in [4.78, 5) is 14.0. The molecule has 0 saturated heterocycles. The number of hydrogen-bond acceptors (Lipinski definition) is 3. The van der Waals surface area contributed by atoms with Gasteiger partial charge in [0.1, 0.15) is 0 Å². The van der Waals surface area contributed by atoms with Crippen LogP contribution in [0.1, 0.15) is 21.5 Å². The molecule has 0 aliphatic heterocycles. The second-order valence-electron chi connectivity index (χ2n) is 4.53. The van der Waals surface area contributed by atoms with Crippen molar-refractivity contribution in [3.05, 3.63) is 57.8 Å². The Morgan fingerprint density at radius 1 is 1.21 bits per heavy atom. The number of thiophene rings is 1. The van der Waals surface area contributed by atoms with Gasteiger partial charge in [0.05, 0.1) is 0 Å². The van der Waals surface area contributed by atoms with Gasteiger partial charge in [-0.1, -0.05) is 12.1 Å². The lowest BCUT2D eigenvalue weighted by atomic mass is 10.1. The largest absolute Gasteiger partial charge is 0.337 e. The van der Waals surface area contributed by atoms with E-state index in [4.69, 9.17) is 5.73 Å². The Kier molecular flexibility index (Phi) is 4.71. The molecule has 0 aliphatic carbocycles. The molecule has 0 unspecified atom stereocenters. The van der Waals surface area contributed by atoms with Gasteiger partial charge in [0.15, 0.2) is 0 Å². The normalized spacial score (nSPS) is 10.4. The van der Waals surface area contributed by atoms with Gasteiger partial charge in [-0.2, -0.15) is 11.3 Å². The van der Waals surface area contributed by atoms with Gasteiger partial charge in [0, 0.05) is 19.2 Å². The molecule has 1 aromatic heterocycles. The molecular formula is C15H18N2OS. The van der Waals surface area contributed by atoms with Gasteiger partial charge in [0.25, 0.3) is 5.91 Å². The van der Waals surface area contributed by atoms with Crippen molar-refractivity contribution in [3.8, 4) is 0 Å². The van der Waals surface area contributed by atoms with Crippen LogP contribution in [0.25, 0.3) is 0 Å². The number of rotatable bonds is 5. The zero-order chi connectivity index (χ0) is 13.7. The molecule has 0 bridgehead atoms. The Labute approximate surface area is 117 Å². The maximum atomic E-state index is 12.2. The van der Waals surface area contributed by atoms with Crippen molar-refractivity contribution in [2.75, 3.05) is 13.6 Å².